The van der Waals surface area contributed by atoms with E-state index in [-0.39, 0.29) is 0 Å². The highest BCUT2D eigenvalue weighted by molar-refractivity contribution is 9.08. The van der Waals surface area contributed by atoms with Crippen molar-refractivity contribution in [3.05, 3.63) is 28.5 Å². The Hall–Kier alpha value is -0.0800. The molecule has 1 rings (SSSR count). The third kappa shape index (κ3) is 1.50. The molecule has 0 unspecified atom stereocenters. The molecule has 0 radical (unpaired) electrons. The second-order valence-corrected chi connectivity index (χ2v) is 2.94. The van der Waals surface area contributed by atoms with Crippen LogP contribution >= 0.6 is 27.5 Å². The highest BCUT2D eigenvalue weighted by Crippen LogP contribution is 2.19. The number of hydrogen-bond donors (Lipinski definition) is 0. The van der Waals surface area contributed by atoms with Crippen LogP contribution in [-0.4, -0.2) is 4.98 Å². The first kappa shape index (κ1) is 8.02. The maximum atomic E-state index is 5.90. The van der Waals surface area contributed by atoms with Crippen molar-refractivity contribution in [3.63, 3.8) is 0 Å². The van der Waals surface area contributed by atoms with Gasteiger partial charge in [0, 0.05) is 11.5 Å². The maximum absolute atomic E-state index is 5.90. The zero-order valence-electron chi connectivity index (χ0n) is 5.56. The molecule has 0 atom stereocenters. The molecule has 54 valence electrons. The zero-order chi connectivity index (χ0) is 7.56. The van der Waals surface area contributed by atoms with Gasteiger partial charge in [-0.15, -0.1) is 0 Å². The molecule has 0 saturated carbocycles. The van der Waals surface area contributed by atoms with Crippen LogP contribution in [0.1, 0.15) is 11.3 Å². The molecule has 0 bridgehead atoms. The standard InChI is InChI=1S/C7H7BrClN/c1-5-7(9)6(4-8)2-3-10-5/h2-3H,4H2,1H3. The van der Waals surface area contributed by atoms with E-state index in [1.54, 1.807) is 6.20 Å². The van der Waals surface area contributed by atoms with Crippen LogP contribution in [0.2, 0.25) is 5.02 Å². The highest BCUT2D eigenvalue weighted by Gasteiger charge is 2.00. The van der Waals surface area contributed by atoms with Crippen molar-refractivity contribution in [3.8, 4) is 0 Å². The molecule has 0 aromatic carbocycles. The van der Waals surface area contributed by atoms with Gasteiger partial charge >= 0.3 is 0 Å². The quantitative estimate of drug-likeness (QED) is 0.663. The van der Waals surface area contributed by atoms with E-state index in [9.17, 15) is 0 Å². The van der Waals surface area contributed by atoms with E-state index in [0.29, 0.717) is 0 Å². The Morgan fingerprint density at radius 1 is 1.70 bits per heavy atom. The lowest BCUT2D eigenvalue weighted by atomic mass is 10.2. The van der Waals surface area contributed by atoms with Gasteiger partial charge in [-0.25, -0.2) is 0 Å². The van der Waals surface area contributed by atoms with Crippen molar-refractivity contribution in [1.29, 1.82) is 0 Å². The molecule has 0 aliphatic carbocycles. The molecule has 0 N–H and O–H groups in total. The van der Waals surface area contributed by atoms with Gasteiger partial charge in [0.1, 0.15) is 0 Å². The second-order valence-electron chi connectivity index (χ2n) is 2.00. The van der Waals surface area contributed by atoms with Crippen molar-refractivity contribution in [2.24, 2.45) is 0 Å². The topological polar surface area (TPSA) is 12.9 Å². The van der Waals surface area contributed by atoms with E-state index in [1.807, 2.05) is 13.0 Å². The Bertz CT molecular complexity index is 237. The van der Waals surface area contributed by atoms with Crippen LogP contribution in [-0.2, 0) is 5.33 Å². The maximum Gasteiger partial charge on any atom is 0.0659 e. The summed E-state index contributed by atoms with van der Waals surface area (Å²) in [6.45, 7) is 1.90. The number of pyridine rings is 1. The van der Waals surface area contributed by atoms with Gasteiger partial charge in [0.05, 0.1) is 10.7 Å². The van der Waals surface area contributed by atoms with E-state index >= 15 is 0 Å². The summed E-state index contributed by atoms with van der Waals surface area (Å²) in [5.41, 5.74) is 1.98. The molecule has 1 nitrogen and oxygen atoms in total. The van der Waals surface area contributed by atoms with Crippen molar-refractivity contribution in [2.45, 2.75) is 12.3 Å². The van der Waals surface area contributed by atoms with Gasteiger partial charge in [-0.1, -0.05) is 27.5 Å². The first-order valence-corrected chi connectivity index (χ1v) is 4.41. The van der Waals surface area contributed by atoms with Crippen LogP contribution in [0.5, 0.6) is 0 Å². The Balaban J connectivity index is 3.14. The van der Waals surface area contributed by atoms with Crippen LogP contribution in [0.4, 0.5) is 0 Å². The molecular formula is C7H7BrClN. The van der Waals surface area contributed by atoms with Gasteiger partial charge in [-0.05, 0) is 18.6 Å². The van der Waals surface area contributed by atoms with Crippen LogP contribution in [0, 0.1) is 6.92 Å². The molecule has 1 heterocycles. The van der Waals surface area contributed by atoms with E-state index in [2.05, 4.69) is 20.9 Å². The lowest BCUT2D eigenvalue weighted by Gasteiger charge is -2.00. The Labute approximate surface area is 73.6 Å². The largest absolute Gasteiger partial charge is 0.260 e. The summed E-state index contributed by atoms with van der Waals surface area (Å²) >= 11 is 9.23. The zero-order valence-corrected chi connectivity index (χ0v) is 7.91. The SMILES string of the molecule is Cc1nccc(CBr)c1Cl. The van der Waals surface area contributed by atoms with Crippen LogP contribution in [0.3, 0.4) is 0 Å². The summed E-state index contributed by atoms with van der Waals surface area (Å²) in [5.74, 6) is 0. The van der Waals surface area contributed by atoms with Gasteiger partial charge in [0.15, 0.2) is 0 Å². The highest BCUT2D eigenvalue weighted by atomic mass is 79.9. The number of alkyl halides is 1. The number of aryl methyl sites for hydroxylation is 1. The minimum Gasteiger partial charge on any atom is -0.260 e. The fraction of sp³-hybridized carbons (Fsp3) is 0.286. The monoisotopic (exact) mass is 219 g/mol. The lowest BCUT2D eigenvalue weighted by molar-refractivity contribution is 1.17. The summed E-state index contributed by atoms with van der Waals surface area (Å²) in [6.07, 6.45) is 1.76. The molecule has 0 fully saturated rings. The van der Waals surface area contributed by atoms with Gasteiger partial charge in [0.2, 0.25) is 0 Å². The van der Waals surface area contributed by atoms with Crippen LogP contribution < -0.4 is 0 Å². The Morgan fingerprint density at radius 3 is 2.90 bits per heavy atom. The van der Waals surface area contributed by atoms with Crippen molar-refractivity contribution in [2.75, 3.05) is 0 Å². The van der Waals surface area contributed by atoms with Crippen molar-refractivity contribution < 1.29 is 0 Å². The number of aromatic nitrogens is 1. The second kappa shape index (κ2) is 3.35. The van der Waals surface area contributed by atoms with Crippen LogP contribution in [0.15, 0.2) is 12.3 Å². The summed E-state index contributed by atoms with van der Waals surface area (Å²) < 4.78 is 0. The predicted octanol–water partition coefficient (Wildman–Crippen LogP) is 2.94. The molecule has 10 heavy (non-hydrogen) atoms. The van der Waals surface area contributed by atoms with Crippen molar-refractivity contribution in [1.82, 2.24) is 4.98 Å². The van der Waals surface area contributed by atoms with E-state index < -0.39 is 0 Å². The molecular weight excluding hydrogens is 213 g/mol. The smallest absolute Gasteiger partial charge is 0.0659 e. The first-order chi connectivity index (χ1) is 4.75. The fourth-order valence-corrected chi connectivity index (χ4v) is 1.51. The number of nitrogens with zero attached hydrogens (tertiary/aromatic N) is 1. The van der Waals surface area contributed by atoms with E-state index in [4.69, 9.17) is 11.6 Å². The fourth-order valence-electron chi connectivity index (χ4n) is 0.704. The predicted molar refractivity (Wildman–Crippen MR) is 46.6 cm³/mol. The first-order valence-electron chi connectivity index (χ1n) is 2.91. The average molecular weight is 220 g/mol. The number of halogens is 2. The summed E-state index contributed by atoms with van der Waals surface area (Å²) in [4.78, 5) is 4.03. The third-order valence-electron chi connectivity index (χ3n) is 1.29. The molecule has 0 aliphatic heterocycles. The van der Waals surface area contributed by atoms with E-state index in [0.717, 1.165) is 21.6 Å². The van der Waals surface area contributed by atoms with Gasteiger partial charge in [-0.3, -0.25) is 4.98 Å². The van der Waals surface area contributed by atoms with E-state index in [1.165, 1.54) is 0 Å². The normalized spacial score (nSPS) is 9.90. The molecule has 0 spiro atoms. The van der Waals surface area contributed by atoms with Crippen LogP contribution in [0.25, 0.3) is 0 Å². The minimum absolute atomic E-state index is 0.763. The summed E-state index contributed by atoms with van der Waals surface area (Å²) in [5, 5.41) is 1.55. The number of hydrogen-bond acceptors (Lipinski definition) is 1. The lowest BCUT2D eigenvalue weighted by Crippen LogP contribution is -1.86. The minimum atomic E-state index is 0.763. The number of rotatable bonds is 1. The Kier molecular flexibility index (Phi) is 2.69. The average Bonchev–Trinajstić information content (AvgIpc) is 1.95. The third-order valence-corrected chi connectivity index (χ3v) is 2.41. The molecule has 0 amide bonds. The van der Waals surface area contributed by atoms with Crippen molar-refractivity contribution >= 4 is 27.5 Å². The molecule has 0 aliphatic rings. The van der Waals surface area contributed by atoms with Gasteiger partial charge in [0.25, 0.3) is 0 Å². The molecule has 1 aromatic rings. The molecule has 1 aromatic heterocycles. The Morgan fingerprint density at radius 2 is 2.40 bits per heavy atom. The molecule has 3 heteroatoms. The van der Waals surface area contributed by atoms with Gasteiger partial charge < -0.3 is 0 Å². The van der Waals surface area contributed by atoms with Gasteiger partial charge in [-0.2, -0.15) is 0 Å². The summed E-state index contributed by atoms with van der Waals surface area (Å²) in [7, 11) is 0. The molecule has 0 saturated heterocycles. The summed E-state index contributed by atoms with van der Waals surface area (Å²) in [6, 6.07) is 1.91.